The minimum absolute atomic E-state index is 0.0747. The van der Waals surface area contributed by atoms with Crippen molar-refractivity contribution in [2.24, 2.45) is 0 Å². The van der Waals surface area contributed by atoms with E-state index in [4.69, 9.17) is 10.00 Å². The Labute approximate surface area is 124 Å². The molecular weight excluding hydrogens is 292 g/mol. The highest BCUT2D eigenvalue weighted by Crippen LogP contribution is 2.39. The van der Waals surface area contributed by atoms with Crippen LogP contribution in [0, 0.1) is 11.3 Å². The third-order valence-corrected chi connectivity index (χ3v) is 3.92. The van der Waals surface area contributed by atoms with Crippen LogP contribution in [-0.2, 0) is 4.74 Å². The number of rotatable bonds is 2. The molecule has 2 aromatic rings. The van der Waals surface area contributed by atoms with Gasteiger partial charge in [-0.3, -0.25) is 4.79 Å². The molecule has 0 spiro atoms. The molecule has 3 rings (SSSR count). The Morgan fingerprint density at radius 2 is 2.36 bits per heavy atom. The molecule has 3 heterocycles. The number of H-pyrrole nitrogens is 1. The van der Waals surface area contributed by atoms with Crippen LogP contribution in [0.25, 0.3) is 11.0 Å². The van der Waals surface area contributed by atoms with Crippen molar-refractivity contribution in [2.75, 3.05) is 6.61 Å². The minimum Gasteiger partial charge on any atom is -0.394 e. The van der Waals surface area contributed by atoms with Crippen molar-refractivity contribution in [1.82, 2.24) is 14.5 Å². The van der Waals surface area contributed by atoms with Crippen LogP contribution < -0.4 is 5.56 Å². The Kier molecular flexibility index (Phi) is 3.26. The normalized spacial score (nSPS) is 31.5. The Bertz CT molecular complexity index is 818. The van der Waals surface area contributed by atoms with Crippen LogP contribution in [-0.4, -0.2) is 54.3 Å². The summed E-state index contributed by atoms with van der Waals surface area (Å²) in [6, 6.07) is 1.89. The van der Waals surface area contributed by atoms with Crippen LogP contribution in [0.4, 0.5) is 0 Å². The average Bonchev–Trinajstić information content (AvgIpc) is 2.97. The summed E-state index contributed by atoms with van der Waals surface area (Å²) in [6.45, 7) is 0.870. The van der Waals surface area contributed by atoms with Gasteiger partial charge in [0.2, 0.25) is 0 Å². The molecule has 2 aromatic heterocycles. The number of hydrogen-bond acceptors (Lipinski definition) is 7. The number of aliphatic hydroxyl groups is 3. The van der Waals surface area contributed by atoms with E-state index in [0.717, 1.165) is 0 Å². The van der Waals surface area contributed by atoms with E-state index < -0.39 is 36.2 Å². The SMILES string of the molecule is C[C@@]1(O)[C@H](O)[C@@H](CO)O[C@H]1n1cc(C#N)c2c(=O)[nH]cnc21. The van der Waals surface area contributed by atoms with Crippen molar-refractivity contribution in [3.8, 4) is 6.07 Å². The lowest BCUT2D eigenvalue weighted by molar-refractivity contribution is -0.0948. The highest BCUT2D eigenvalue weighted by atomic mass is 16.6. The van der Waals surface area contributed by atoms with Crippen molar-refractivity contribution < 1.29 is 20.1 Å². The second-order valence-electron chi connectivity index (χ2n) is 5.37. The number of aliphatic hydroxyl groups excluding tert-OH is 2. The van der Waals surface area contributed by atoms with E-state index in [0.29, 0.717) is 0 Å². The molecule has 1 fully saturated rings. The van der Waals surface area contributed by atoms with Crippen molar-refractivity contribution in [2.45, 2.75) is 31.0 Å². The van der Waals surface area contributed by atoms with Gasteiger partial charge in [-0.1, -0.05) is 0 Å². The minimum atomic E-state index is -1.73. The Morgan fingerprint density at radius 1 is 1.64 bits per heavy atom. The summed E-state index contributed by atoms with van der Waals surface area (Å²) in [5.74, 6) is 0. The zero-order valence-corrected chi connectivity index (χ0v) is 11.6. The van der Waals surface area contributed by atoms with Gasteiger partial charge in [-0.15, -0.1) is 0 Å². The lowest BCUT2D eigenvalue weighted by Crippen LogP contribution is -2.44. The Hall–Kier alpha value is -2.25. The molecule has 0 amide bonds. The van der Waals surface area contributed by atoms with Gasteiger partial charge in [-0.25, -0.2) is 4.98 Å². The van der Waals surface area contributed by atoms with Crippen molar-refractivity contribution in [3.63, 3.8) is 0 Å². The summed E-state index contributed by atoms with van der Waals surface area (Å²) in [6.07, 6.45) is -0.902. The van der Waals surface area contributed by atoms with Crippen LogP contribution in [0.2, 0.25) is 0 Å². The first-order valence-electron chi connectivity index (χ1n) is 6.57. The lowest BCUT2D eigenvalue weighted by Gasteiger charge is -2.27. The topological polar surface area (TPSA) is 144 Å². The maximum absolute atomic E-state index is 11.9. The summed E-state index contributed by atoms with van der Waals surface area (Å²) in [7, 11) is 0. The first-order chi connectivity index (χ1) is 10.4. The molecule has 9 nitrogen and oxygen atoms in total. The molecule has 1 saturated heterocycles. The summed E-state index contributed by atoms with van der Waals surface area (Å²) in [5, 5.41) is 39.0. The fourth-order valence-corrected chi connectivity index (χ4v) is 2.75. The van der Waals surface area contributed by atoms with E-state index in [1.165, 1.54) is 24.0 Å². The van der Waals surface area contributed by atoms with Gasteiger partial charge in [0.25, 0.3) is 5.56 Å². The predicted molar refractivity (Wildman–Crippen MR) is 72.7 cm³/mol. The maximum Gasteiger partial charge on any atom is 0.261 e. The summed E-state index contributed by atoms with van der Waals surface area (Å²) < 4.78 is 6.80. The fourth-order valence-electron chi connectivity index (χ4n) is 2.75. The van der Waals surface area contributed by atoms with Crippen LogP contribution in [0.1, 0.15) is 18.7 Å². The smallest absolute Gasteiger partial charge is 0.261 e. The lowest BCUT2D eigenvalue weighted by atomic mass is 9.96. The van der Waals surface area contributed by atoms with Gasteiger partial charge in [-0.2, -0.15) is 5.26 Å². The van der Waals surface area contributed by atoms with E-state index in [1.54, 1.807) is 0 Å². The molecule has 0 radical (unpaired) electrons. The van der Waals surface area contributed by atoms with E-state index in [9.17, 15) is 20.1 Å². The molecule has 0 aliphatic carbocycles. The Balaban J connectivity index is 2.22. The summed E-state index contributed by atoms with van der Waals surface area (Å²) in [5.41, 5.74) is -1.99. The van der Waals surface area contributed by atoms with Gasteiger partial charge >= 0.3 is 0 Å². The van der Waals surface area contributed by atoms with Crippen LogP contribution in [0.3, 0.4) is 0 Å². The molecule has 116 valence electrons. The number of nitriles is 1. The highest BCUT2D eigenvalue weighted by Gasteiger charge is 2.53. The molecule has 1 aliphatic heterocycles. The van der Waals surface area contributed by atoms with Gasteiger partial charge in [0.05, 0.1) is 18.5 Å². The monoisotopic (exact) mass is 306 g/mol. The molecule has 4 N–H and O–H groups in total. The zero-order valence-electron chi connectivity index (χ0n) is 11.6. The molecule has 0 saturated carbocycles. The van der Waals surface area contributed by atoms with Gasteiger partial charge in [0.15, 0.2) is 11.9 Å². The second-order valence-corrected chi connectivity index (χ2v) is 5.37. The van der Waals surface area contributed by atoms with Gasteiger partial charge < -0.3 is 29.6 Å². The van der Waals surface area contributed by atoms with Gasteiger partial charge in [0.1, 0.15) is 29.3 Å². The van der Waals surface area contributed by atoms with E-state index >= 15 is 0 Å². The average molecular weight is 306 g/mol. The predicted octanol–water partition coefficient (Wildman–Crippen LogP) is -1.40. The third-order valence-electron chi connectivity index (χ3n) is 3.92. The second kappa shape index (κ2) is 4.89. The van der Waals surface area contributed by atoms with Crippen molar-refractivity contribution >= 4 is 11.0 Å². The molecule has 22 heavy (non-hydrogen) atoms. The zero-order chi connectivity index (χ0) is 16.1. The highest BCUT2D eigenvalue weighted by molar-refractivity contribution is 5.82. The van der Waals surface area contributed by atoms with Crippen LogP contribution in [0.15, 0.2) is 17.3 Å². The molecule has 1 aliphatic rings. The molecular formula is C13H14N4O5. The van der Waals surface area contributed by atoms with Gasteiger partial charge in [-0.05, 0) is 6.92 Å². The standard InChI is InChI=1S/C13H14N4O5/c1-13(21)9(19)7(4-18)22-12(13)17-3-6(2-14)8-10(17)15-5-16-11(8)20/h3,5,7,9,12,18-19,21H,4H2,1H3,(H,15,16,20)/t7-,9-,12-,13-/m1/s1. The largest absolute Gasteiger partial charge is 0.394 e. The molecule has 0 unspecified atom stereocenters. The Morgan fingerprint density at radius 3 is 2.95 bits per heavy atom. The number of fused-ring (bicyclic) bond motifs is 1. The first kappa shape index (κ1) is 14.7. The quantitative estimate of drug-likeness (QED) is 0.534. The van der Waals surface area contributed by atoms with E-state index in [-0.39, 0.29) is 16.6 Å². The van der Waals surface area contributed by atoms with Crippen LogP contribution in [0.5, 0.6) is 0 Å². The van der Waals surface area contributed by atoms with Crippen LogP contribution >= 0.6 is 0 Å². The fraction of sp³-hybridized carbons (Fsp3) is 0.462. The van der Waals surface area contributed by atoms with Crippen molar-refractivity contribution in [1.29, 1.82) is 5.26 Å². The van der Waals surface area contributed by atoms with E-state index in [1.807, 2.05) is 6.07 Å². The number of hydrogen-bond donors (Lipinski definition) is 4. The number of nitrogens with one attached hydrogen (secondary N) is 1. The molecule has 9 heteroatoms. The summed E-state index contributed by atoms with van der Waals surface area (Å²) in [4.78, 5) is 18.3. The number of aromatic amines is 1. The third kappa shape index (κ3) is 1.86. The van der Waals surface area contributed by atoms with Crippen molar-refractivity contribution in [3.05, 3.63) is 28.4 Å². The number of ether oxygens (including phenoxy) is 1. The molecule has 0 aromatic carbocycles. The molecule has 0 bridgehead atoms. The number of aromatic nitrogens is 3. The first-order valence-corrected chi connectivity index (χ1v) is 6.57. The van der Waals surface area contributed by atoms with Gasteiger partial charge in [0, 0.05) is 6.20 Å². The number of nitrogens with zero attached hydrogens (tertiary/aromatic N) is 3. The molecule has 4 atom stereocenters. The maximum atomic E-state index is 11.9. The summed E-state index contributed by atoms with van der Waals surface area (Å²) >= 11 is 0. The van der Waals surface area contributed by atoms with E-state index in [2.05, 4.69) is 9.97 Å².